The van der Waals surface area contributed by atoms with E-state index in [1.54, 1.807) is 7.11 Å². The van der Waals surface area contributed by atoms with Crippen molar-refractivity contribution in [1.29, 1.82) is 0 Å². The minimum Gasteiger partial charge on any atom is -0.496 e. The molecule has 0 bridgehead atoms. The first-order valence-electron chi connectivity index (χ1n) is 6.89. The van der Waals surface area contributed by atoms with Gasteiger partial charge < -0.3 is 10.5 Å². The van der Waals surface area contributed by atoms with Gasteiger partial charge in [0.15, 0.2) is 5.82 Å². The Balaban J connectivity index is 2.42. The fraction of sp³-hybridized carbons (Fsp3) is 0.500. The van der Waals surface area contributed by atoms with Crippen molar-refractivity contribution in [3.63, 3.8) is 0 Å². The number of anilines is 1. The van der Waals surface area contributed by atoms with E-state index in [9.17, 15) is 0 Å². The van der Waals surface area contributed by atoms with Crippen molar-refractivity contribution in [3.05, 3.63) is 18.2 Å². The lowest BCUT2D eigenvalue weighted by Gasteiger charge is -2.15. The predicted molar refractivity (Wildman–Crippen MR) is 78.5 cm³/mol. The molecule has 0 aliphatic carbocycles. The summed E-state index contributed by atoms with van der Waals surface area (Å²) in [6.07, 6.45) is 3.32. The molecule has 20 heavy (non-hydrogen) atoms. The van der Waals surface area contributed by atoms with Gasteiger partial charge in [0.05, 0.1) is 18.7 Å². The molecule has 2 N–H and O–H groups in total. The van der Waals surface area contributed by atoms with E-state index in [1.807, 2.05) is 22.9 Å². The fourth-order valence-electron chi connectivity index (χ4n) is 2.23. The molecular weight excluding hydrogens is 254 g/mol. The molecule has 0 saturated carbocycles. The Morgan fingerprint density at radius 2 is 2.20 bits per heavy atom. The number of hydrogen-bond donors (Lipinski definition) is 1. The molecule has 0 radical (unpaired) electrons. The number of nitrogens with two attached hydrogens (primary N) is 1. The van der Waals surface area contributed by atoms with Crippen LogP contribution in [-0.2, 0) is 0 Å². The van der Waals surface area contributed by atoms with Crippen LogP contribution < -0.4 is 10.5 Å². The highest BCUT2D eigenvalue weighted by atomic mass is 16.5. The number of methoxy groups -OCH3 is 1. The average Bonchev–Trinajstić information content (AvgIpc) is 2.93. The van der Waals surface area contributed by atoms with E-state index < -0.39 is 0 Å². The summed E-state index contributed by atoms with van der Waals surface area (Å²) in [6.45, 7) is 4.28. The van der Waals surface area contributed by atoms with E-state index in [0.29, 0.717) is 17.3 Å². The highest BCUT2D eigenvalue weighted by molar-refractivity contribution is 5.77. The molecule has 0 aliphatic rings. The molecular formula is C14H21N5O. The number of benzene rings is 1. The maximum absolute atomic E-state index is 6.07. The number of aromatic nitrogens is 4. The van der Waals surface area contributed by atoms with Gasteiger partial charge in [0.25, 0.3) is 0 Å². The van der Waals surface area contributed by atoms with Crippen LogP contribution >= 0.6 is 0 Å². The van der Waals surface area contributed by atoms with Crippen LogP contribution in [0.15, 0.2) is 18.2 Å². The van der Waals surface area contributed by atoms with Gasteiger partial charge in [-0.05, 0) is 35.9 Å². The van der Waals surface area contributed by atoms with Crippen molar-refractivity contribution in [2.45, 2.75) is 39.2 Å². The van der Waals surface area contributed by atoms with Gasteiger partial charge >= 0.3 is 0 Å². The summed E-state index contributed by atoms with van der Waals surface area (Å²) in [6, 6.07) is 5.77. The van der Waals surface area contributed by atoms with Crippen molar-refractivity contribution in [2.24, 2.45) is 0 Å². The van der Waals surface area contributed by atoms with Crippen LogP contribution in [0.3, 0.4) is 0 Å². The van der Waals surface area contributed by atoms with Gasteiger partial charge in [-0.3, -0.25) is 0 Å². The number of ether oxygens (including phenoxy) is 1. The summed E-state index contributed by atoms with van der Waals surface area (Å²) in [5.74, 6) is 1.34. The summed E-state index contributed by atoms with van der Waals surface area (Å²) < 4.78 is 7.20. The number of nitrogen functional groups attached to an aromatic ring is 1. The third kappa shape index (κ3) is 2.74. The lowest BCUT2D eigenvalue weighted by molar-refractivity contribution is 0.413. The van der Waals surface area contributed by atoms with E-state index in [1.165, 1.54) is 0 Å². The highest BCUT2D eigenvalue weighted by Crippen LogP contribution is 2.34. The quantitative estimate of drug-likeness (QED) is 0.820. The van der Waals surface area contributed by atoms with Crippen molar-refractivity contribution in [3.8, 4) is 17.1 Å². The first kappa shape index (κ1) is 14.3. The smallest absolute Gasteiger partial charge is 0.188 e. The van der Waals surface area contributed by atoms with Gasteiger partial charge in [-0.15, -0.1) is 5.10 Å². The summed E-state index contributed by atoms with van der Waals surface area (Å²) in [5, 5.41) is 12.0. The average molecular weight is 275 g/mol. The highest BCUT2D eigenvalue weighted by Gasteiger charge is 2.19. The Morgan fingerprint density at radius 3 is 2.90 bits per heavy atom. The maximum Gasteiger partial charge on any atom is 0.188 e. The molecule has 2 aromatic rings. The van der Waals surface area contributed by atoms with Gasteiger partial charge in [0.2, 0.25) is 0 Å². The zero-order valence-corrected chi connectivity index (χ0v) is 12.2. The Morgan fingerprint density at radius 1 is 1.40 bits per heavy atom. The van der Waals surface area contributed by atoms with E-state index in [0.717, 1.165) is 24.8 Å². The molecule has 0 saturated heterocycles. The first-order valence-corrected chi connectivity index (χ1v) is 6.89. The Labute approximate surface area is 118 Å². The van der Waals surface area contributed by atoms with Crippen LogP contribution in [0.4, 0.5) is 5.69 Å². The lowest BCUT2D eigenvalue weighted by atomic mass is 10.1. The second-order valence-electron chi connectivity index (χ2n) is 4.86. The number of rotatable bonds is 6. The molecule has 0 aliphatic heterocycles. The molecule has 1 aromatic carbocycles. The molecule has 108 valence electrons. The molecule has 2 rings (SSSR count). The summed E-state index contributed by atoms with van der Waals surface area (Å²) in [5.41, 5.74) is 7.44. The normalized spacial score (nSPS) is 12.3. The molecule has 1 atom stereocenters. The topological polar surface area (TPSA) is 78.9 Å². The zero-order valence-electron chi connectivity index (χ0n) is 12.2. The second-order valence-corrected chi connectivity index (χ2v) is 4.86. The molecule has 0 fully saturated rings. The van der Waals surface area contributed by atoms with E-state index in [2.05, 4.69) is 29.4 Å². The van der Waals surface area contributed by atoms with Gasteiger partial charge in [0.1, 0.15) is 5.75 Å². The van der Waals surface area contributed by atoms with Crippen LogP contribution in [0.5, 0.6) is 5.75 Å². The van der Waals surface area contributed by atoms with Gasteiger partial charge in [-0.1, -0.05) is 25.8 Å². The summed E-state index contributed by atoms with van der Waals surface area (Å²) in [4.78, 5) is 0. The Kier molecular flexibility index (Phi) is 4.55. The predicted octanol–water partition coefficient (Wildman–Crippen LogP) is 2.68. The second kappa shape index (κ2) is 6.36. The van der Waals surface area contributed by atoms with Crippen LogP contribution in [0.1, 0.15) is 39.2 Å². The van der Waals surface area contributed by atoms with Gasteiger partial charge in [-0.2, -0.15) is 0 Å². The van der Waals surface area contributed by atoms with Crippen molar-refractivity contribution < 1.29 is 4.74 Å². The minimum absolute atomic E-state index is 0.226. The standard InChI is InChI=1S/C14H21N5O/c1-4-5-7-10(2)19-14(16-17-18-19)13-11(15)8-6-9-12(13)20-3/h6,8-10H,4-5,7,15H2,1-3H3. The zero-order chi connectivity index (χ0) is 14.5. The van der Waals surface area contributed by atoms with E-state index >= 15 is 0 Å². The number of tetrazole rings is 1. The molecule has 6 heteroatoms. The SMILES string of the molecule is CCCCC(C)n1nnnc1-c1c(N)cccc1OC. The van der Waals surface area contributed by atoms with Crippen LogP contribution in [-0.4, -0.2) is 27.3 Å². The van der Waals surface area contributed by atoms with Gasteiger partial charge in [-0.25, -0.2) is 4.68 Å². The number of nitrogens with zero attached hydrogens (tertiary/aromatic N) is 4. The molecule has 1 unspecified atom stereocenters. The third-order valence-electron chi connectivity index (χ3n) is 3.39. The maximum atomic E-state index is 6.07. The molecule has 0 amide bonds. The van der Waals surface area contributed by atoms with Crippen molar-refractivity contribution in [2.75, 3.05) is 12.8 Å². The molecule has 1 aromatic heterocycles. The monoisotopic (exact) mass is 275 g/mol. The summed E-state index contributed by atoms with van der Waals surface area (Å²) in [7, 11) is 1.62. The van der Waals surface area contributed by atoms with Crippen molar-refractivity contribution in [1.82, 2.24) is 20.2 Å². The fourth-order valence-corrected chi connectivity index (χ4v) is 2.23. The number of unbranched alkanes of at least 4 members (excludes halogenated alkanes) is 1. The first-order chi connectivity index (χ1) is 9.69. The number of hydrogen-bond acceptors (Lipinski definition) is 5. The van der Waals surface area contributed by atoms with E-state index in [4.69, 9.17) is 10.5 Å². The molecule has 1 heterocycles. The summed E-state index contributed by atoms with van der Waals surface area (Å²) >= 11 is 0. The van der Waals surface area contributed by atoms with Crippen molar-refractivity contribution >= 4 is 5.69 Å². The van der Waals surface area contributed by atoms with Crippen LogP contribution in [0.2, 0.25) is 0 Å². The third-order valence-corrected chi connectivity index (χ3v) is 3.39. The Bertz CT molecular complexity index is 566. The molecule has 6 nitrogen and oxygen atoms in total. The molecule has 0 spiro atoms. The van der Waals surface area contributed by atoms with Crippen LogP contribution in [0.25, 0.3) is 11.4 Å². The van der Waals surface area contributed by atoms with Gasteiger partial charge in [0, 0.05) is 5.69 Å². The van der Waals surface area contributed by atoms with Crippen LogP contribution in [0, 0.1) is 0 Å². The largest absolute Gasteiger partial charge is 0.496 e. The lowest BCUT2D eigenvalue weighted by Crippen LogP contribution is -2.10. The Hall–Kier alpha value is -2.11. The van der Waals surface area contributed by atoms with E-state index in [-0.39, 0.29) is 6.04 Å². The minimum atomic E-state index is 0.226.